The van der Waals surface area contributed by atoms with Gasteiger partial charge in [0.1, 0.15) is 5.82 Å². The molecule has 2 unspecified atom stereocenters. The fourth-order valence-electron chi connectivity index (χ4n) is 1.99. The van der Waals surface area contributed by atoms with Gasteiger partial charge in [0.05, 0.1) is 15.2 Å². The van der Waals surface area contributed by atoms with Crippen molar-refractivity contribution < 1.29 is 12.8 Å². The van der Waals surface area contributed by atoms with Crippen LogP contribution in [-0.2, 0) is 9.84 Å². The first-order valence-electron chi connectivity index (χ1n) is 6.26. The Labute approximate surface area is 119 Å². The Hall–Kier alpha value is -0.650. The Bertz CT molecular complexity index is 533. The van der Waals surface area contributed by atoms with Crippen LogP contribution in [0.2, 0.25) is 5.02 Å². The Morgan fingerprint density at radius 2 is 2.00 bits per heavy atom. The third-order valence-corrected chi connectivity index (χ3v) is 5.69. The predicted octanol–water partition coefficient (Wildman–Crippen LogP) is 3.03. The Balaban J connectivity index is 3.11. The molecule has 0 aliphatic carbocycles. The van der Waals surface area contributed by atoms with E-state index in [9.17, 15) is 12.8 Å². The highest BCUT2D eigenvalue weighted by Crippen LogP contribution is 2.24. The van der Waals surface area contributed by atoms with Crippen LogP contribution >= 0.6 is 11.6 Å². The average Bonchev–Trinajstić information content (AvgIpc) is 2.38. The van der Waals surface area contributed by atoms with E-state index in [-0.39, 0.29) is 16.0 Å². The van der Waals surface area contributed by atoms with Crippen LogP contribution in [0, 0.1) is 5.82 Å². The lowest BCUT2D eigenvalue weighted by atomic mass is 10.2. The average molecular weight is 308 g/mol. The van der Waals surface area contributed by atoms with Crippen molar-refractivity contribution in [3.63, 3.8) is 0 Å². The minimum Gasteiger partial charge on any atom is -0.313 e. The molecular weight excluding hydrogens is 289 g/mol. The molecule has 0 saturated carbocycles. The minimum atomic E-state index is -3.53. The van der Waals surface area contributed by atoms with E-state index in [1.54, 1.807) is 6.92 Å². The summed E-state index contributed by atoms with van der Waals surface area (Å²) in [4.78, 5) is 0.0581. The summed E-state index contributed by atoms with van der Waals surface area (Å²) in [5.74, 6) is -0.619. The minimum absolute atomic E-state index is 0.0581. The summed E-state index contributed by atoms with van der Waals surface area (Å²) < 4.78 is 38.0. The van der Waals surface area contributed by atoms with Crippen LogP contribution in [0.5, 0.6) is 0 Å². The summed E-state index contributed by atoms with van der Waals surface area (Å²) in [6.07, 6.45) is 0.698. The molecule has 0 spiro atoms. The lowest BCUT2D eigenvalue weighted by Crippen LogP contribution is -2.42. The van der Waals surface area contributed by atoms with Crippen LogP contribution in [0.25, 0.3) is 0 Å². The smallest absolute Gasteiger partial charge is 0.182 e. The van der Waals surface area contributed by atoms with E-state index in [0.717, 1.165) is 6.07 Å². The number of rotatable bonds is 6. The van der Waals surface area contributed by atoms with E-state index in [1.807, 2.05) is 13.8 Å². The maximum atomic E-state index is 13.1. The molecule has 0 aliphatic rings. The van der Waals surface area contributed by atoms with Crippen LogP contribution in [0.1, 0.15) is 27.2 Å². The van der Waals surface area contributed by atoms with E-state index in [2.05, 4.69) is 5.32 Å². The van der Waals surface area contributed by atoms with Crippen molar-refractivity contribution in [1.82, 2.24) is 5.32 Å². The van der Waals surface area contributed by atoms with Crippen LogP contribution in [0.4, 0.5) is 4.39 Å². The molecular formula is C13H19ClFNO2S. The molecule has 0 aromatic heterocycles. The lowest BCUT2D eigenvalue weighted by Gasteiger charge is -2.23. The van der Waals surface area contributed by atoms with Gasteiger partial charge < -0.3 is 5.32 Å². The highest BCUT2D eigenvalue weighted by atomic mass is 35.5. The lowest BCUT2D eigenvalue weighted by molar-refractivity contribution is 0.483. The van der Waals surface area contributed by atoms with E-state index in [0.29, 0.717) is 13.0 Å². The first-order chi connectivity index (χ1) is 8.84. The topological polar surface area (TPSA) is 46.2 Å². The van der Waals surface area contributed by atoms with Crippen LogP contribution in [-0.4, -0.2) is 26.3 Å². The van der Waals surface area contributed by atoms with Crippen molar-refractivity contribution >= 4 is 21.4 Å². The quantitative estimate of drug-likeness (QED) is 0.822. The van der Waals surface area contributed by atoms with Crippen molar-refractivity contribution in [1.29, 1.82) is 0 Å². The Morgan fingerprint density at radius 1 is 1.37 bits per heavy atom. The van der Waals surface area contributed by atoms with Gasteiger partial charge in [0.2, 0.25) is 0 Å². The van der Waals surface area contributed by atoms with Gasteiger partial charge in [-0.3, -0.25) is 0 Å². The summed E-state index contributed by atoms with van der Waals surface area (Å²) in [5.41, 5.74) is 0. The van der Waals surface area contributed by atoms with Crippen molar-refractivity contribution in [2.75, 3.05) is 6.54 Å². The molecule has 0 bridgehead atoms. The van der Waals surface area contributed by atoms with E-state index < -0.39 is 20.9 Å². The summed E-state index contributed by atoms with van der Waals surface area (Å²) in [6.45, 7) is 6.21. The molecule has 0 amide bonds. The number of halogens is 2. The van der Waals surface area contributed by atoms with Gasteiger partial charge in [-0.25, -0.2) is 12.8 Å². The standard InChI is InChI=1S/C13H19ClFNO2S/c1-4-13(16-5-2)9(3)19(17,18)10-6-7-12(15)11(14)8-10/h6-9,13,16H,4-5H2,1-3H3. The highest BCUT2D eigenvalue weighted by Gasteiger charge is 2.29. The zero-order valence-electron chi connectivity index (χ0n) is 11.3. The maximum absolute atomic E-state index is 13.1. The molecule has 1 N–H and O–H groups in total. The molecule has 0 aliphatic heterocycles. The zero-order chi connectivity index (χ0) is 14.6. The number of nitrogens with one attached hydrogen (secondary N) is 1. The second kappa shape index (κ2) is 6.68. The SMILES string of the molecule is CCNC(CC)C(C)S(=O)(=O)c1ccc(F)c(Cl)c1. The van der Waals surface area contributed by atoms with Gasteiger partial charge in [-0.2, -0.15) is 0 Å². The number of hydrogen-bond donors (Lipinski definition) is 1. The highest BCUT2D eigenvalue weighted by molar-refractivity contribution is 7.92. The molecule has 2 atom stereocenters. The summed E-state index contributed by atoms with van der Waals surface area (Å²) in [5, 5.41) is 2.37. The molecule has 0 radical (unpaired) electrons. The third-order valence-electron chi connectivity index (χ3n) is 3.18. The summed E-state index contributed by atoms with van der Waals surface area (Å²) >= 11 is 5.64. The largest absolute Gasteiger partial charge is 0.313 e. The van der Waals surface area contributed by atoms with E-state index in [4.69, 9.17) is 11.6 Å². The molecule has 6 heteroatoms. The summed E-state index contributed by atoms with van der Waals surface area (Å²) in [6, 6.07) is 3.36. The number of hydrogen-bond acceptors (Lipinski definition) is 3. The Morgan fingerprint density at radius 3 is 2.47 bits per heavy atom. The fraction of sp³-hybridized carbons (Fsp3) is 0.538. The molecule has 0 saturated heterocycles. The second-order valence-electron chi connectivity index (χ2n) is 4.40. The molecule has 108 valence electrons. The molecule has 1 aromatic carbocycles. The molecule has 1 aromatic rings. The van der Waals surface area contributed by atoms with Gasteiger partial charge in [0.25, 0.3) is 0 Å². The summed E-state index contributed by atoms with van der Waals surface area (Å²) in [7, 11) is -3.53. The van der Waals surface area contributed by atoms with Gasteiger partial charge in [-0.1, -0.05) is 25.4 Å². The first-order valence-corrected chi connectivity index (χ1v) is 8.19. The third kappa shape index (κ3) is 3.68. The van der Waals surface area contributed by atoms with Gasteiger partial charge in [0.15, 0.2) is 9.84 Å². The van der Waals surface area contributed by atoms with Gasteiger partial charge in [-0.05, 0) is 38.1 Å². The van der Waals surface area contributed by atoms with Gasteiger partial charge in [-0.15, -0.1) is 0 Å². The molecule has 0 heterocycles. The Kier molecular flexibility index (Phi) is 5.77. The normalized spacial score (nSPS) is 15.2. The first kappa shape index (κ1) is 16.4. The zero-order valence-corrected chi connectivity index (χ0v) is 12.9. The van der Waals surface area contributed by atoms with Crippen molar-refractivity contribution in [3.05, 3.63) is 29.0 Å². The van der Waals surface area contributed by atoms with Gasteiger partial charge in [0, 0.05) is 6.04 Å². The number of sulfone groups is 1. The second-order valence-corrected chi connectivity index (χ2v) is 7.11. The van der Waals surface area contributed by atoms with Crippen molar-refractivity contribution in [3.8, 4) is 0 Å². The van der Waals surface area contributed by atoms with Crippen molar-refractivity contribution in [2.24, 2.45) is 0 Å². The maximum Gasteiger partial charge on any atom is 0.182 e. The van der Waals surface area contributed by atoms with Crippen LogP contribution in [0.15, 0.2) is 23.1 Å². The molecule has 3 nitrogen and oxygen atoms in total. The van der Waals surface area contributed by atoms with E-state index in [1.165, 1.54) is 12.1 Å². The molecule has 0 fully saturated rings. The van der Waals surface area contributed by atoms with Crippen LogP contribution < -0.4 is 5.32 Å². The molecule has 19 heavy (non-hydrogen) atoms. The van der Waals surface area contributed by atoms with Crippen LogP contribution in [0.3, 0.4) is 0 Å². The monoisotopic (exact) mass is 307 g/mol. The van der Waals surface area contributed by atoms with Crippen molar-refractivity contribution in [2.45, 2.75) is 43.4 Å². The fourth-order valence-corrected chi connectivity index (χ4v) is 3.92. The van der Waals surface area contributed by atoms with Gasteiger partial charge >= 0.3 is 0 Å². The van der Waals surface area contributed by atoms with E-state index >= 15 is 0 Å². The molecule has 1 rings (SSSR count). The number of benzene rings is 1. The predicted molar refractivity (Wildman–Crippen MR) is 75.8 cm³/mol.